The van der Waals surface area contributed by atoms with Crippen molar-refractivity contribution in [1.29, 1.82) is 0 Å². The van der Waals surface area contributed by atoms with Gasteiger partial charge < -0.3 is 13.7 Å². The fraction of sp³-hybridized carbons (Fsp3) is 0.600. The van der Waals surface area contributed by atoms with Crippen molar-refractivity contribution in [1.82, 2.24) is 0 Å². The number of para-hydroxylation sites is 1. The van der Waals surface area contributed by atoms with Crippen LogP contribution in [0.2, 0.25) is 0 Å². The Morgan fingerprint density at radius 2 is 2.04 bits per heavy atom. The number of furan rings is 1. The molecule has 1 aliphatic heterocycles. The SMILES string of the molecule is Cc1cccc2c(CB3O[C@@H]4C[C@@H]5C[C@@H](C5(C)C)C4(C)O3)coc12. The molecule has 1 unspecified atom stereocenters. The number of hydrogen-bond acceptors (Lipinski definition) is 3. The van der Waals surface area contributed by atoms with Gasteiger partial charge in [0.1, 0.15) is 5.58 Å². The molecule has 0 radical (unpaired) electrons. The number of benzene rings is 1. The van der Waals surface area contributed by atoms with Crippen molar-refractivity contribution in [2.24, 2.45) is 17.3 Å². The van der Waals surface area contributed by atoms with E-state index in [2.05, 4.69) is 45.9 Å². The van der Waals surface area contributed by atoms with Crippen molar-refractivity contribution < 1.29 is 13.7 Å². The average molecular weight is 324 g/mol. The lowest BCUT2D eigenvalue weighted by Crippen LogP contribution is -2.65. The monoisotopic (exact) mass is 324 g/mol. The number of fused-ring (bicyclic) bond motifs is 1. The van der Waals surface area contributed by atoms with Gasteiger partial charge in [-0.15, -0.1) is 0 Å². The highest BCUT2D eigenvalue weighted by Crippen LogP contribution is 2.65. The Hall–Kier alpha value is -1.26. The number of hydrogen-bond donors (Lipinski definition) is 0. The molecule has 0 spiro atoms. The van der Waals surface area contributed by atoms with Gasteiger partial charge in [0.05, 0.1) is 18.0 Å². The molecule has 6 rings (SSSR count). The molecule has 1 saturated heterocycles. The summed E-state index contributed by atoms with van der Waals surface area (Å²) in [6, 6.07) is 6.31. The maximum Gasteiger partial charge on any atom is 0.462 e. The second-order valence-electron chi connectivity index (χ2n) is 8.81. The molecule has 0 amide bonds. The molecular formula is C20H25BO3. The summed E-state index contributed by atoms with van der Waals surface area (Å²) in [6.45, 7) is 9.16. The summed E-state index contributed by atoms with van der Waals surface area (Å²) in [4.78, 5) is 0. The second kappa shape index (κ2) is 4.67. The molecule has 1 aromatic carbocycles. The van der Waals surface area contributed by atoms with E-state index in [0.717, 1.165) is 24.2 Å². The minimum Gasteiger partial charge on any atom is -0.464 e. The summed E-state index contributed by atoms with van der Waals surface area (Å²) in [7, 11) is -0.156. The summed E-state index contributed by atoms with van der Waals surface area (Å²) in [5.41, 5.74) is 3.61. The van der Waals surface area contributed by atoms with Gasteiger partial charge in [-0.2, -0.15) is 0 Å². The minimum atomic E-state index is -0.156. The lowest BCUT2D eigenvalue weighted by molar-refractivity contribution is -0.199. The van der Waals surface area contributed by atoms with Crippen LogP contribution >= 0.6 is 0 Å². The highest BCUT2D eigenvalue weighted by atomic mass is 16.7. The minimum absolute atomic E-state index is 0.127. The fourth-order valence-electron chi connectivity index (χ4n) is 5.63. The zero-order valence-electron chi connectivity index (χ0n) is 15.0. The van der Waals surface area contributed by atoms with Gasteiger partial charge in [0.25, 0.3) is 0 Å². The van der Waals surface area contributed by atoms with E-state index in [1.165, 1.54) is 22.9 Å². The molecular weight excluding hydrogens is 299 g/mol. The predicted octanol–water partition coefficient (Wildman–Crippen LogP) is 4.55. The second-order valence-corrected chi connectivity index (χ2v) is 8.81. The molecule has 1 aromatic heterocycles. The van der Waals surface area contributed by atoms with Crippen molar-refractivity contribution in [3.05, 3.63) is 35.6 Å². The molecule has 3 aliphatic carbocycles. The Balaban J connectivity index is 1.41. The van der Waals surface area contributed by atoms with Gasteiger partial charge in [-0.25, -0.2) is 0 Å². The third-order valence-corrected chi connectivity index (χ3v) is 7.27. The molecule has 3 nitrogen and oxygen atoms in total. The molecule has 3 saturated carbocycles. The average Bonchev–Trinajstić information content (AvgIpc) is 3.08. The smallest absolute Gasteiger partial charge is 0.462 e. The van der Waals surface area contributed by atoms with E-state index in [0.29, 0.717) is 11.3 Å². The van der Waals surface area contributed by atoms with Gasteiger partial charge in [-0.3, -0.25) is 0 Å². The zero-order valence-corrected chi connectivity index (χ0v) is 15.0. The summed E-state index contributed by atoms with van der Waals surface area (Å²) < 4.78 is 18.7. The first-order valence-corrected chi connectivity index (χ1v) is 9.18. The van der Waals surface area contributed by atoms with Crippen LogP contribution in [-0.4, -0.2) is 18.8 Å². The topological polar surface area (TPSA) is 31.6 Å². The van der Waals surface area contributed by atoms with Gasteiger partial charge in [0.2, 0.25) is 0 Å². The normalized spacial score (nSPS) is 36.7. The van der Waals surface area contributed by atoms with Gasteiger partial charge in [-0.05, 0) is 55.1 Å². The molecule has 4 atom stereocenters. The molecule has 2 heterocycles. The van der Waals surface area contributed by atoms with Crippen molar-refractivity contribution in [3.63, 3.8) is 0 Å². The zero-order chi connectivity index (χ0) is 16.7. The van der Waals surface area contributed by atoms with E-state index >= 15 is 0 Å². The van der Waals surface area contributed by atoms with E-state index in [4.69, 9.17) is 13.7 Å². The van der Waals surface area contributed by atoms with E-state index in [-0.39, 0.29) is 18.8 Å². The van der Waals surface area contributed by atoms with Gasteiger partial charge in [0, 0.05) is 11.7 Å². The largest absolute Gasteiger partial charge is 0.464 e. The van der Waals surface area contributed by atoms with Crippen LogP contribution in [0.25, 0.3) is 11.0 Å². The van der Waals surface area contributed by atoms with E-state index in [1.54, 1.807) is 0 Å². The number of rotatable bonds is 2. The Morgan fingerprint density at radius 1 is 1.21 bits per heavy atom. The summed E-state index contributed by atoms with van der Waals surface area (Å²) >= 11 is 0. The lowest BCUT2D eigenvalue weighted by Gasteiger charge is -2.64. The van der Waals surface area contributed by atoms with Crippen LogP contribution in [0.3, 0.4) is 0 Å². The van der Waals surface area contributed by atoms with Crippen molar-refractivity contribution in [2.45, 2.75) is 58.6 Å². The highest BCUT2D eigenvalue weighted by Gasteiger charge is 2.67. The molecule has 4 fully saturated rings. The lowest BCUT2D eigenvalue weighted by atomic mass is 9.43. The van der Waals surface area contributed by atoms with Crippen LogP contribution < -0.4 is 0 Å². The third kappa shape index (κ3) is 1.82. The van der Waals surface area contributed by atoms with Crippen molar-refractivity contribution in [2.75, 3.05) is 0 Å². The molecule has 4 heteroatoms. The molecule has 0 N–H and O–H groups in total. The Bertz CT molecular complexity index is 810. The van der Waals surface area contributed by atoms with Crippen LogP contribution in [0.5, 0.6) is 0 Å². The predicted molar refractivity (Wildman–Crippen MR) is 94.8 cm³/mol. The number of aryl methyl sites for hydroxylation is 1. The van der Waals surface area contributed by atoms with Gasteiger partial charge in [0.15, 0.2) is 0 Å². The molecule has 24 heavy (non-hydrogen) atoms. The van der Waals surface area contributed by atoms with Crippen LogP contribution in [0.4, 0.5) is 0 Å². The first-order valence-electron chi connectivity index (χ1n) is 9.18. The van der Waals surface area contributed by atoms with Crippen LogP contribution in [0.15, 0.2) is 28.9 Å². The molecule has 2 bridgehead atoms. The first kappa shape index (κ1) is 15.0. The van der Waals surface area contributed by atoms with Crippen molar-refractivity contribution in [3.8, 4) is 0 Å². The summed E-state index contributed by atoms with van der Waals surface area (Å²) in [5.74, 6) is 1.41. The third-order valence-electron chi connectivity index (χ3n) is 7.27. The first-order chi connectivity index (χ1) is 11.4. The molecule has 2 aromatic rings. The maximum absolute atomic E-state index is 6.53. The van der Waals surface area contributed by atoms with Gasteiger partial charge >= 0.3 is 7.12 Å². The Kier molecular flexibility index (Phi) is 2.93. The standard InChI is InChI=1S/C20H25BO3/c1-12-6-5-7-15-13(11-22-18(12)15)10-21-23-17-9-14-8-16(19(14,2)3)20(17,4)24-21/h5-7,11,14,16-17H,8-10H2,1-4H3/t14-,16-,17+,20?/m0/s1. The quantitative estimate of drug-likeness (QED) is 0.760. The molecule has 4 aliphatic rings. The van der Waals surface area contributed by atoms with Crippen LogP contribution in [-0.2, 0) is 15.6 Å². The molecule has 126 valence electrons. The Morgan fingerprint density at radius 3 is 2.83 bits per heavy atom. The highest BCUT2D eigenvalue weighted by molar-refractivity contribution is 6.45. The van der Waals surface area contributed by atoms with Crippen LogP contribution in [0.1, 0.15) is 44.7 Å². The summed E-state index contributed by atoms with van der Waals surface area (Å²) in [6.07, 6.45) is 5.32. The van der Waals surface area contributed by atoms with E-state index < -0.39 is 0 Å². The Labute approximate surface area is 143 Å². The fourth-order valence-corrected chi connectivity index (χ4v) is 5.63. The van der Waals surface area contributed by atoms with Crippen LogP contribution in [0, 0.1) is 24.2 Å². The van der Waals surface area contributed by atoms with Crippen molar-refractivity contribution >= 4 is 18.1 Å². The van der Waals surface area contributed by atoms with Gasteiger partial charge in [-0.1, -0.05) is 32.0 Å². The van der Waals surface area contributed by atoms with E-state index in [1.807, 2.05) is 6.26 Å². The maximum atomic E-state index is 6.53. The van der Waals surface area contributed by atoms with E-state index in [9.17, 15) is 0 Å². The summed E-state index contributed by atoms with van der Waals surface area (Å²) in [5, 5.41) is 1.19.